The molecule has 0 radical (unpaired) electrons. The van der Waals surface area contributed by atoms with Crippen molar-refractivity contribution in [3.63, 3.8) is 0 Å². The molecule has 0 heterocycles. The second-order valence-electron chi connectivity index (χ2n) is 5.30. The van der Waals surface area contributed by atoms with Gasteiger partial charge in [-0.15, -0.1) is 24.0 Å². The lowest BCUT2D eigenvalue weighted by Gasteiger charge is -2.14. The van der Waals surface area contributed by atoms with E-state index in [-0.39, 0.29) is 35.7 Å². The molecular formula is C17H28FIN4OS. The van der Waals surface area contributed by atoms with Crippen LogP contribution < -0.4 is 16.0 Å². The number of guanidine groups is 1. The fourth-order valence-electron chi connectivity index (χ4n) is 2.10. The summed E-state index contributed by atoms with van der Waals surface area (Å²) in [5.74, 6) is 1.19. The first-order valence-corrected chi connectivity index (χ1v) is 9.47. The maximum absolute atomic E-state index is 13.4. The number of halogens is 2. The highest BCUT2D eigenvalue weighted by molar-refractivity contribution is 14.0. The lowest BCUT2D eigenvalue weighted by molar-refractivity contribution is -0.120. The highest BCUT2D eigenvalue weighted by atomic mass is 127. The third-order valence-electron chi connectivity index (χ3n) is 3.35. The summed E-state index contributed by atoms with van der Waals surface area (Å²) < 4.78 is 13.4. The predicted molar refractivity (Wildman–Crippen MR) is 115 cm³/mol. The fourth-order valence-corrected chi connectivity index (χ4v) is 2.68. The third-order valence-corrected chi connectivity index (χ3v) is 3.95. The van der Waals surface area contributed by atoms with Crippen molar-refractivity contribution in [2.24, 2.45) is 4.99 Å². The monoisotopic (exact) mass is 482 g/mol. The smallest absolute Gasteiger partial charge is 0.221 e. The Labute approximate surface area is 171 Å². The van der Waals surface area contributed by atoms with E-state index in [9.17, 15) is 9.18 Å². The van der Waals surface area contributed by atoms with Crippen LogP contribution in [-0.2, 0) is 17.1 Å². The molecular weight excluding hydrogens is 454 g/mol. The van der Waals surface area contributed by atoms with Gasteiger partial charge in [0.25, 0.3) is 0 Å². The van der Waals surface area contributed by atoms with Crippen LogP contribution in [0.25, 0.3) is 0 Å². The van der Waals surface area contributed by atoms with Crippen LogP contribution in [0.2, 0.25) is 0 Å². The lowest BCUT2D eigenvalue weighted by Crippen LogP contribution is -2.39. The first-order chi connectivity index (χ1) is 11.6. The molecule has 0 aliphatic carbocycles. The largest absolute Gasteiger partial charge is 0.356 e. The molecule has 142 valence electrons. The zero-order valence-electron chi connectivity index (χ0n) is 15.0. The second kappa shape index (κ2) is 14.2. The minimum Gasteiger partial charge on any atom is -0.356 e. The molecule has 0 aliphatic heterocycles. The minimum absolute atomic E-state index is 0. The van der Waals surface area contributed by atoms with E-state index < -0.39 is 0 Å². The average molecular weight is 482 g/mol. The number of nitrogens with zero attached hydrogens (tertiary/aromatic N) is 1. The van der Waals surface area contributed by atoms with Crippen LogP contribution in [-0.4, -0.2) is 38.3 Å². The number of hydrogen-bond acceptors (Lipinski definition) is 3. The van der Waals surface area contributed by atoms with Gasteiger partial charge in [0.2, 0.25) is 5.91 Å². The van der Waals surface area contributed by atoms with E-state index in [0.29, 0.717) is 32.0 Å². The Morgan fingerprint density at radius 3 is 2.60 bits per heavy atom. The van der Waals surface area contributed by atoms with Crippen LogP contribution in [0.5, 0.6) is 0 Å². The van der Waals surface area contributed by atoms with E-state index in [1.54, 1.807) is 30.9 Å². The standard InChI is InChI=1S/C17H27FN4OS.HI/c1-4-8-20-16(23)7-9-21-17(19-2)22-11-13-5-6-15(18)10-14(13)12-24-3;/h5-6,10H,4,7-9,11-12H2,1-3H3,(H,20,23)(H2,19,21,22);1H. The summed E-state index contributed by atoms with van der Waals surface area (Å²) in [6.45, 7) is 3.79. The Morgan fingerprint density at radius 1 is 1.20 bits per heavy atom. The van der Waals surface area contributed by atoms with Crippen LogP contribution in [0.3, 0.4) is 0 Å². The van der Waals surface area contributed by atoms with E-state index >= 15 is 0 Å². The maximum Gasteiger partial charge on any atom is 0.221 e. The molecule has 25 heavy (non-hydrogen) atoms. The molecule has 0 atom stereocenters. The van der Waals surface area contributed by atoms with E-state index in [1.807, 2.05) is 13.2 Å². The maximum atomic E-state index is 13.4. The van der Waals surface area contributed by atoms with Crippen molar-refractivity contribution in [2.45, 2.75) is 32.1 Å². The zero-order chi connectivity index (χ0) is 17.8. The summed E-state index contributed by atoms with van der Waals surface area (Å²) in [4.78, 5) is 15.7. The van der Waals surface area contributed by atoms with Gasteiger partial charge in [0.05, 0.1) is 0 Å². The molecule has 3 N–H and O–H groups in total. The van der Waals surface area contributed by atoms with E-state index in [2.05, 4.69) is 20.9 Å². The van der Waals surface area contributed by atoms with Gasteiger partial charge in [-0.05, 0) is 35.9 Å². The molecule has 0 fully saturated rings. The molecule has 1 aromatic rings. The molecule has 1 amide bonds. The van der Waals surface area contributed by atoms with Gasteiger partial charge >= 0.3 is 0 Å². The zero-order valence-corrected chi connectivity index (χ0v) is 18.2. The molecule has 1 rings (SSSR count). The third kappa shape index (κ3) is 9.88. The molecule has 8 heteroatoms. The summed E-state index contributed by atoms with van der Waals surface area (Å²) in [5.41, 5.74) is 2.01. The number of benzene rings is 1. The van der Waals surface area contributed by atoms with Crippen molar-refractivity contribution in [1.82, 2.24) is 16.0 Å². The first-order valence-electron chi connectivity index (χ1n) is 8.08. The second-order valence-corrected chi connectivity index (χ2v) is 6.16. The van der Waals surface area contributed by atoms with E-state index in [0.717, 1.165) is 23.3 Å². The Bertz CT molecular complexity index is 557. The van der Waals surface area contributed by atoms with Crippen molar-refractivity contribution in [2.75, 3.05) is 26.4 Å². The van der Waals surface area contributed by atoms with Gasteiger partial charge in [0.1, 0.15) is 5.82 Å². The fraction of sp³-hybridized carbons (Fsp3) is 0.529. The number of aliphatic imine (C=N–C) groups is 1. The van der Waals surface area contributed by atoms with Crippen LogP contribution >= 0.6 is 35.7 Å². The number of nitrogens with one attached hydrogen (secondary N) is 3. The highest BCUT2D eigenvalue weighted by Crippen LogP contribution is 2.16. The summed E-state index contributed by atoms with van der Waals surface area (Å²) in [6.07, 6.45) is 3.32. The number of amides is 1. The van der Waals surface area contributed by atoms with E-state index in [4.69, 9.17) is 0 Å². The van der Waals surface area contributed by atoms with Gasteiger partial charge in [0, 0.05) is 38.9 Å². The summed E-state index contributed by atoms with van der Waals surface area (Å²) in [6, 6.07) is 4.83. The first kappa shape index (κ1) is 24.0. The van der Waals surface area contributed by atoms with Gasteiger partial charge < -0.3 is 16.0 Å². The predicted octanol–water partition coefficient (Wildman–Crippen LogP) is 2.89. The van der Waals surface area contributed by atoms with Crippen LogP contribution in [0, 0.1) is 5.82 Å². The molecule has 0 spiro atoms. The molecule has 0 saturated carbocycles. The van der Waals surface area contributed by atoms with Gasteiger partial charge in [-0.25, -0.2) is 4.39 Å². The molecule has 0 aromatic heterocycles. The highest BCUT2D eigenvalue weighted by Gasteiger charge is 2.06. The number of carbonyl (C=O) groups excluding carboxylic acids is 1. The Hall–Kier alpha value is -1.03. The Kier molecular flexibility index (Phi) is 13.6. The van der Waals surface area contributed by atoms with Gasteiger partial charge in [-0.3, -0.25) is 9.79 Å². The van der Waals surface area contributed by atoms with Gasteiger partial charge in [-0.2, -0.15) is 11.8 Å². The Morgan fingerprint density at radius 2 is 1.96 bits per heavy atom. The SMILES string of the molecule is CCCNC(=O)CCNC(=NC)NCc1ccc(F)cc1CSC.I. The van der Waals surface area contributed by atoms with E-state index in [1.165, 1.54) is 6.07 Å². The summed E-state index contributed by atoms with van der Waals surface area (Å²) >= 11 is 1.66. The molecule has 0 unspecified atom stereocenters. The summed E-state index contributed by atoms with van der Waals surface area (Å²) in [5, 5.41) is 9.14. The Balaban J connectivity index is 0.00000576. The van der Waals surface area contributed by atoms with Crippen LogP contribution in [0.1, 0.15) is 30.9 Å². The number of rotatable bonds is 9. The summed E-state index contributed by atoms with van der Waals surface area (Å²) in [7, 11) is 1.68. The molecule has 0 aliphatic rings. The molecule has 1 aromatic carbocycles. The molecule has 5 nitrogen and oxygen atoms in total. The number of hydrogen-bond donors (Lipinski definition) is 3. The minimum atomic E-state index is -0.219. The molecule has 0 bridgehead atoms. The van der Waals surface area contributed by atoms with Gasteiger partial charge in [0.15, 0.2) is 5.96 Å². The number of carbonyl (C=O) groups is 1. The van der Waals surface area contributed by atoms with Crippen molar-refractivity contribution >= 4 is 47.6 Å². The quantitative estimate of drug-likeness (QED) is 0.288. The van der Waals surface area contributed by atoms with Gasteiger partial charge in [-0.1, -0.05) is 13.0 Å². The van der Waals surface area contributed by atoms with Crippen molar-refractivity contribution < 1.29 is 9.18 Å². The number of thioether (sulfide) groups is 1. The van der Waals surface area contributed by atoms with Crippen molar-refractivity contribution in [3.8, 4) is 0 Å². The average Bonchev–Trinajstić information content (AvgIpc) is 2.57. The van der Waals surface area contributed by atoms with Crippen molar-refractivity contribution in [1.29, 1.82) is 0 Å². The van der Waals surface area contributed by atoms with Crippen LogP contribution in [0.15, 0.2) is 23.2 Å². The molecule has 0 saturated heterocycles. The van der Waals surface area contributed by atoms with Crippen molar-refractivity contribution in [3.05, 3.63) is 35.1 Å². The topological polar surface area (TPSA) is 65.5 Å². The van der Waals surface area contributed by atoms with Crippen LogP contribution in [0.4, 0.5) is 4.39 Å². The lowest BCUT2D eigenvalue weighted by atomic mass is 10.1. The normalized spacial score (nSPS) is 10.8.